The van der Waals surface area contributed by atoms with Crippen molar-refractivity contribution in [2.24, 2.45) is 29.4 Å². The van der Waals surface area contributed by atoms with Crippen molar-refractivity contribution < 1.29 is 38.6 Å². The number of rotatable bonds is 2. The third-order valence-corrected chi connectivity index (χ3v) is 7.04. The van der Waals surface area contributed by atoms with Crippen LogP contribution in [-0.2, 0) is 25.6 Å². The van der Waals surface area contributed by atoms with Crippen LogP contribution in [0.1, 0.15) is 22.3 Å². The molecule has 2 unspecified atom stereocenters. The lowest BCUT2D eigenvalue weighted by Gasteiger charge is -2.52. The van der Waals surface area contributed by atoms with Crippen molar-refractivity contribution in [1.29, 1.82) is 0 Å². The number of amides is 1. The lowest BCUT2D eigenvalue weighted by Crippen LogP contribution is -2.74. The summed E-state index contributed by atoms with van der Waals surface area (Å²) in [5.74, 6) is -12.8. The van der Waals surface area contributed by atoms with Gasteiger partial charge in [-0.2, -0.15) is 0 Å². The van der Waals surface area contributed by atoms with Crippen molar-refractivity contribution in [3.8, 4) is 5.75 Å². The molecule has 1 aromatic carbocycles. The molecule has 2 fully saturated rings. The van der Waals surface area contributed by atoms with Crippen LogP contribution in [0.5, 0.6) is 5.75 Å². The standard InChI is InChI=1S/C21H22FN3O7/c1-25(2)14-8-4-6-3-7-5-9(22)13(23)16(27)10(7)15(26)11(6)18(29)21(8,32)19(30)12(17(14)28)20(24)31/h5-6,8,11-12,14,27,32H,3-4,23H2,1-2H3,(H2,24,31)/t6-,8-,11?,12?,14-,21-/m0/s1. The molecule has 6 atom stereocenters. The summed E-state index contributed by atoms with van der Waals surface area (Å²) in [6.07, 6.45) is -0.118. The van der Waals surface area contributed by atoms with E-state index in [9.17, 15) is 38.6 Å². The zero-order valence-corrected chi connectivity index (χ0v) is 17.3. The fourth-order valence-electron chi connectivity index (χ4n) is 5.64. The van der Waals surface area contributed by atoms with Crippen LogP contribution in [0.4, 0.5) is 10.1 Å². The maximum Gasteiger partial charge on any atom is 0.235 e. The largest absolute Gasteiger partial charge is 0.505 e. The normalized spacial score (nSPS) is 34.2. The number of phenolic OH excluding ortho intramolecular Hbond substituents is 1. The number of Topliss-reactive ketones (excluding diaryl/α,β-unsaturated/α-hetero) is 4. The number of likely N-dealkylation sites (N-methyl/N-ethyl adjacent to an activating group) is 1. The number of carbonyl (C=O) groups is 5. The van der Waals surface area contributed by atoms with Crippen molar-refractivity contribution in [1.82, 2.24) is 4.90 Å². The lowest BCUT2D eigenvalue weighted by molar-refractivity contribution is -0.181. The van der Waals surface area contributed by atoms with Gasteiger partial charge in [-0.3, -0.25) is 28.9 Å². The van der Waals surface area contributed by atoms with E-state index in [0.717, 1.165) is 6.07 Å². The van der Waals surface area contributed by atoms with Crippen LogP contribution in [-0.4, -0.2) is 69.9 Å². The van der Waals surface area contributed by atoms with Crippen molar-refractivity contribution in [2.75, 3.05) is 19.8 Å². The van der Waals surface area contributed by atoms with Crippen LogP contribution >= 0.6 is 0 Å². The highest BCUT2D eigenvalue weighted by Gasteiger charge is 2.69. The molecule has 10 nitrogen and oxygen atoms in total. The Bertz CT molecular complexity index is 1120. The Labute approximate surface area is 181 Å². The summed E-state index contributed by atoms with van der Waals surface area (Å²) in [7, 11) is 2.98. The summed E-state index contributed by atoms with van der Waals surface area (Å²) in [4.78, 5) is 66.0. The van der Waals surface area contributed by atoms with Gasteiger partial charge in [0.2, 0.25) is 5.91 Å². The predicted octanol–water partition coefficient (Wildman–Crippen LogP) is -1.41. The first-order chi connectivity index (χ1) is 14.8. The molecule has 3 aliphatic rings. The molecule has 0 aliphatic heterocycles. The number of aliphatic hydroxyl groups is 1. The summed E-state index contributed by atoms with van der Waals surface area (Å²) in [6, 6.07) is -0.179. The summed E-state index contributed by atoms with van der Waals surface area (Å²) in [5.41, 5.74) is 7.08. The second-order valence-corrected chi connectivity index (χ2v) is 8.94. The fourth-order valence-corrected chi connectivity index (χ4v) is 5.64. The Balaban J connectivity index is 1.88. The lowest BCUT2D eigenvalue weighted by atomic mass is 9.52. The number of benzene rings is 1. The zero-order valence-electron chi connectivity index (χ0n) is 17.3. The maximum atomic E-state index is 14.1. The summed E-state index contributed by atoms with van der Waals surface area (Å²) >= 11 is 0. The molecule has 32 heavy (non-hydrogen) atoms. The molecule has 0 saturated heterocycles. The van der Waals surface area contributed by atoms with E-state index in [2.05, 4.69) is 0 Å². The van der Waals surface area contributed by atoms with E-state index in [1.165, 1.54) is 19.0 Å². The third-order valence-electron chi connectivity index (χ3n) is 7.04. The van der Waals surface area contributed by atoms with Crippen LogP contribution < -0.4 is 11.5 Å². The van der Waals surface area contributed by atoms with E-state index in [1.54, 1.807) is 0 Å². The highest BCUT2D eigenvalue weighted by atomic mass is 19.1. The molecule has 2 saturated carbocycles. The number of primary amides is 1. The first-order valence-corrected chi connectivity index (χ1v) is 9.98. The number of nitrogens with two attached hydrogens (primary N) is 2. The molecular weight excluding hydrogens is 425 g/mol. The summed E-state index contributed by atoms with van der Waals surface area (Å²) in [5, 5.41) is 21.6. The van der Waals surface area contributed by atoms with Crippen molar-refractivity contribution in [2.45, 2.75) is 24.5 Å². The van der Waals surface area contributed by atoms with Gasteiger partial charge in [-0.1, -0.05) is 0 Å². The van der Waals surface area contributed by atoms with E-state index in [4.69, 9.17) is 11.5 Å². The van der Waals surface area contributed by atoms with Crippen LogP contribution in [0.25, 0.3) is 0 Å². The minimum absolute atomic E-state index is 0.0173. The molecule has 6 N–H and O–H groups in total. The number of hydrogen-bond acceptors (Lipinski definition) is 9. The van der Waals surface area contributed by atoms with Crippen LogP contribution in [0.15, 0.2) is 6.07 Å². The number of anilines is 1. The Morgan fingerprint density at radius 2 is 1.84 bits per heavy atom. The number of aromatic hydroxyl groups is 1. The number of carbonyl (C=O) groups excluding carboxylic acids is 5. The minimum atomic E-state index is -2.79. The molecule has 0 spiro atoms. The van der Waals surface area contributed by atoms with Gasteiger partial charge in [0.05, 0.1) is 17.5 Å². The van der Waals surface area contributed by atoms with E-state index < -0.39 is 81.6 Å². The number of hydrogen-bond donors (Lipinski definition) is 4. The monoisotopic (exact) mass is 447 g/mol. The maximum absolute atomic E-state index is 14.1. The Kier molecular flexibility index (Phi) is 4.76. The second-order valence-electron chi connectivity index (χ2n) is 8.94. The number of nitrogen functional groups attached to an aromatic ring is 1. The fraction of sp³-hybridized carbons (Fsp3) is 0.476. The molecule has 1 amide bonds. The molecule has 3 aliphatic carbocycles. The topological polar surface area (TPSA) is 181 Å². The Morgan fingerprint density at radius 3 is 2.41 bits per heavy atom. The van der Waals surface area contributed by atoms with Crippen LogP contribution in [0, 0.1) is 29.5 Å². The van der Waals surface area contributed by atoms with Crippen molar-refractivity contribution in [3.63, 3.8) is 0 Å². The van der Waals surface area contributed by atoms with E-state index in [0.29, 0.717) is 0 Å². The van der Waals surface area contributed by atoms with E-state index in [1.807, 2.05) is 0 Å². The van der Waals surface area contributed by atoms with Gasteiger partial charge in [0.15, 0.2) is 40.4 Å². The summed E-state index contributed by atoms with van der Waals surface area (Å²) in [6.45, 7) is 0. The molecule has 4 rings (SSSR count). The zero-order chi connectivity index (χ0) is 23.9. The van der Waals surface area contributed by atoms with Gasteiger partial charge in [-0.25, -0.2) is 4.39 Å². The molecule has 0 aromatic heterocycles. The van der Waals surface area contributed by atoms with Gasteiger partial charge in [0.1, 0.15) is 11.5 Å². The van der Waals surface area contributed by atoms with Gasteiger partial charge in [-0.15, -0.1) is 0 Å². The highest BCUT2D eigenvalue weighted by molar-refractivity contribution is 6.32. The van der Waals surface area contributed by atoms with Crippen LogP contribution in [0.2, 0.25) is 0 Å². The molecule has 0 radical (unpaired) electrons. The highest BCUT2D eigenvalue weighted by Crippen LogP contribution is 2.51. The summed E-state index contributed by atoms with van der Waals surface area (Å²) < 4.78 is 14.1. The van der Waals surface area contributed by atoms with Crippen molar-refractivity contribution in [3.05, 3.63) is 23.0 Å². The first-order valence-electron chi connectivity index (χ1n) is 9.98. The molecule has 170 valence electrons. The van der Waals surface area contributed by atoms with Gasteiger partial charge in [0.25, 0.3) is 0 Å². The quantitative estimate of drug-likeness (QED) is 0.240. The first kappa shape index (κ1) is 22.0. The van der Waals surface area contributed by atoms with Crippen molar-refractivity contribution >= 4 is 34.7 Å². The number of fused-ring (bicyclic) bond motifs is 3. The molecule has 11 heteroatoms. The number of ketones is 4. The van der Waals surface area contributed by atoms with Gasteiger partial charge in [-0.05, 0) is 44.5 Å². The van der Waals surface area contributed by atoms with Gasteiger partial charge in [0, 0.05) is 5.92 Å². The molecule has 0 heterocycles. The second kappa shape index (κ2) is 6.91. The average Bonchev–Trinajstić information content (AvgIpc) is 2.68. The minimum Gasteiger partial charge on any atom is -0.505 e. The SMILES string of the molecule is CN(C)[C@@H]1C(=O)C(C(N)=O)C(=O)[C@@]2(O)C(=O)C3C(=O)c4c(cc(F)c(N)c4O)C[C@H]3C[C@@H]12. The number of phenols is 1. The third kappa shape index (κ3) is 2.61. The van der Waals surface area contributed by atoms with Gasteiger partial charge < -0.3 is 21.7 Å². The smallest absolute Gasteiger partial charge is 0.235 e. The Hall–Kier alpha value is -3.18. The average molecular weight is 447 g/mol. The molecule has 0 bridgehead atoms. The number of halogens is 1. The van der Waals surface area contributed by atoms with E-state index >= 15 is 0 Å². The predicted molar refractivity (Wildman–Crippen MR) is 106 cm³/mol. The Morgan fingerprint density at radius 1 is 1.22 bits per heavy atom. The molecular formula is C21H22FN3O7. The van der Waals surface area contributed by atoms with Crippen LogP contribution in [0.3, 0.4) is 0 Å². The van der Waals surface area contributed by atoms with E-state index in [-0.39, 0.29) is 24.0 Å². The molecule has 1 aromatic rings. The van der Waals surface area contributed by atoms with Gasteiger partial charge >= 0.3 is 0 Å². The number of nitrogens with zero attached hydrogens (tertiary/aromatic N) is 1.